The molecule has 2 heterocycles. The molecule has 0 N–H and O–H groups in total. The number of aromatic nitrogens is 2. The molecule has 1 aromatic rings. The Hall–Kier alpha value is -0.680. The van der Waals surface area contributed by atoms with Crippen LogP contribution in [0.3, 0.4) is 0 Å². The van der Waals surface area contributed by atoms with Crippen molar-refractivity contribution in [2.24, 2.45) is 0 Å². The molecular formula is C14H22BrN3O. The fourth-order valence-corrected chi connectivity index (χ4v) is 2.54. The highest BCUT2D eigenvalue weighted by Gasteiger charge is 2.32. The van der Waals surface area contributed by atoms with Crippen LogP contribution < -0.4 is 4.90 Å². The van der Waals surface area contributed by atoms with Crippen LogP contribution in [0.15, 0.2) is 10.7 Å². The Morgan fingerprint density at radius 3 is 2.58 bits per heavy atom. The molecule has 0 aliphatic carbocycles. The van der Waals surface area contributed by atoms with Crippen LogP contribution in [0.5, 0.6) is 0 Å². The van der Waals surface area contributed by atoms with E-state index in [2.05, 4.69) is 60.4 Å². The van der Waals surface area contributed by atoms with Crippen LogP contribution in [0.1, 0.15) is 40.4 Å². The summed E-state index contributed by atoms with van der Waals surface area (Å²) in [5.74, 6) is 1.83. The minimum Gasteiger partial charge on any atom is -0.377 e. The number of nitrogens with zero attached hydrogens (tertiary/aromatic N) is 3. The Labute approximate surface area is 123 Å². The van der Waals surface area contributed by atoms with Gasteiger partial charge in [0.2, 0.25) is 0 Å². The van der Waals surface area contributed by atoms with Gasteiger partial charge in [-0.3, -0.25) is 0 Å². The van der Waals surface area contributed by atoms with Gasteiger partial charge in [0.05, 0.1) is 18.8 Å². The molecule has 2 rings (SSSR count). The molecule has 106 valence electrons. The topological polar surface area (TPSA) is 38.2 Å². The van der Waals surface area contributed by atoms with E-state index in [1.165, 1.54) is 0 Å². The van der Waals surface area contributed by atoms with Gasteiger partial charge in [-0.05, 0) is 29.8 Å². The van der Waals surface area contributed by atoms with Gasteiger partial charge >= 0.3 is 0 Å². The monoisotopic (exact) mass is 327 g/mol. The van der Waals surface area contributed by atoms with Crippen molar-refractivity contribution in [2.75, 3.05) is 24.7 Å². The molecule has 0 spiro atoms. The zero-order valence-corrected chi connectivity index (χ0v) is 13.9. The highest BCUT2D eigenvalue weighted by molar-refractivity contribution is 9.10. The van der Waals surface area contributed by atoms with E-state index in [4.69, 9.17) is 9.72 Å². The van der Waals surface area contributed by atoms with E-state index in [1.807, 2.05) is 6.07 Å². The van der Waals surface area contributed by atoms with Crippen molar-refractivity contribution in [3.8, 4) is 0 Å². The zero-order valence-electron chi connectivity index (χ0n) is 12.3. The van der Waals surface area contributed by atoms with Gasteiger partial charge in [0, 0.05) is 18.0 Å². The van der Waals surface area contributed by atoms with Gasteiger partial charge in [-0.1, -0.05) is 20.8 Å². The van der Waals surface area contributed by atoms with Crippen LogP contribution in [-0.2, 0) is 10.2 Å². The van der Waals surface area contributed by atoms with Crippen molar-refractivity contribution < 1.29 is 4.74 Å². The van der Waals surface area contributed by atoms with Crippen LogP contribution in [0, 0.1) is 0 Å². The molecule has 19 heavy (non-hydrogen) atoms. The molecule has 4 nitrogen and oxygen atoms in total. The van der Waals surface area contributed by atoms with Crippen LogP contribution in [0.25, 0.3) is 0 Å². The second-order valence-electron chi connectivity index (χ2n) is 6.64. The number of halogens is 1. The van der Waals surface area contributed by atoms with Crippen molar-refractivity contribution >= 4 is 21.7 Å². The highest BCUT2D eigenvalue weighted by atomic mass is 79.9. The lowest BCUT2D eigenvalue weighted by Crippen LogP contribution is -2.53. The van der Waals surface area contributed by atoms with Crippen molar-refractivity contribution in [3.63, 3.8) is 0 Å². The van der Waals surface area contributed by atoms with Gasteiger partial charge in [-0.2, -0.15) is 0 Å². The number of hydrogen-bond acceptors (Lipinski definition) is 4. The maximum Gasteiger partial charge on any atom is 0.137 e. The summed E-state index contributed by atoms with van der Waals surface area (Å²) in [6.45, 7) is 13.1. The predicted octanol–water partition coefficient (Wildman–Crippen LogP) is 3.15. The van der Waals surface area contributed by atoms with E-state index in [0.717, 1.165) is 36.0 Å². The number of morpholine rings is 1. The third-order valence-electron chi connectivity index (χ3n) is 3.27. The van der Waals surface area contributed by atoms with E-state index >= 15 is 0 Å². The van der Waals surface area contributed by atoms with E-state index in [0.29, 0.717) is 0 Å². The predicted molar refractivity (Wildman–Crippen MR) is 80.7 cm³/mol. The molecule has 1 fully saturated rings. The first-order valence-electron chi connectivity index (χ1n) is 6.61. The summed E-state index contributed by atoms with van der Waals surface area (Å²) in [4.78, 5) is 11.6. The lowest BCUT2D eigenvalue weighted by Gasteiger charge is -2.43. The molecule has 5 heteroatoms. The summed E-state index contributed by atoms with van der Waals surface area (Å²) in [5, 5.41) is 0. The molecule has 0 saturated carbocycles. The zero-order chi connectivity index (χ0) is 14.3. The van der Waals surface area contributed by atoms with Crippen molar-refractivity contribution in [3.05, 3.63) is 16.5 Å². The number of hydrogen-bond donors (Lipinski definition) is 0. The number of ether oxygens (including phenoxy) is 1. The fourth-order valence-electron chi connectivity index (χ4n) is 2.16. The van der Waals surface area contributed by atoms with Crippen LogP contribution >= 0.6 is 15.9 Å². The summed E-state index contributed by atoms with van der Waals surface area (Å²) in [6, 6.07) is 1.99. The maximum atomic E-state index is 5.57. The first-order valence-corrected chi connectivity index (χ1v) is 7.40. The van der Waals surface area contributed by atoms with Gasteiger partial charge in [-0.15, -0.1) is 0 Å². The Morgan fingerprint density at radius 1 is 1.32 bits per heavy atom. The summed E-state index contributed by atoms with van der Waals surface area (Å²) in [7, 11) is 0. The molecule has 1 aliphatic heterocycles. The van der Waals surface area contributed by atoms with E-state index < -0.39 is 0 Å². The SMILES string of the molecule is CC(C)(C)c1nc(Br)cc(N2CCOCC2(C)C)n1. The van der Waals surface area contributed by atoms with E-state index in [-0.39, 0.29) is 11.0 Å². The average molecular weight is 328 g/mol. The molecule has 1 aliphatic rings. The maximum absolute atomic E-state index is 5.57. The second kappa shape index (κ2) is 5.02. The lowest BCUT2D eigenvalue weighted by atomic mass is 9.95. The van der Waals surface area contributed by atoms with Gasteiger partial charge < -0.3 is 9.64 Å². The fraction of sp³-hybridized carbons (Fsp3) is 0.714. The van der Waals surface area contributed by atoms with Gasteiger partial charge in [0.15, 0.2) is 0 Å². The quantitative estimate of drug-likeness (QED) is 0.743. The van der Waals surface area contributed by atoms with Crippen molar-refractivity contribution in [1.29, 1.82) is 0 Å². The second-order valence-corrected chi connectivity index (χ2v) is 7.45. The minimum atomic E-state index is -0.0606. The lowest BCUT2D eigenvalue weighted by molar-refractivity contribution is 0.0638. The molecule has 0 unspecified atom stereocenters. The van der Waals surface area contributed by atoms with Gasteiger partial charge in [0.25, 0.3) is 0 Å². The Morgan fingerprint density at radius 2 is 2.00 bits per heavy atom. The average Bonchev–Trinajstić information content (AvgIpc) is 2.26. The smallest absolute Gasteiger partial charge is 0.137 e. The first kappa shape index (κ1) is 14.7. The number of rotatable bonds is 1. The molecular weight excluding hydrogens is 306 g/mol. The molecule has 0 bridgehead atoms. The molecule has 0 radical (unpaired) electrons. The largest absolute Gasteiger partial charge is 0.377 e. The van der Waals surface area contributed by atoms with Crippen LogP contribution in [0.2, 0.25) is 0 Å². The Balaban J connectivity index is 2.42. The molecule has 1 saturated heterocycles. The minimum absolute atomic E-state index is 0.0405. The van der Waals surface area contributed by atoms with E-state index in [9.17, 15) is 0 Å². The molecule has 1 aromatic heterocycles. The Bertz CT molecular complexity index is 468. The van der Waals surface area contributed by atoms with Gasteiger partial charge in [-0.25, -0.2) is 9.97 Å². The Kier molecular flexibility index (Phi) is 3.89. The molecule has 0 aromatic carbocycles. The van der Waals surface area contributed by atoms with Crippen LogP contribution in [-0.4, -0.2) is 35.3 Å². The third-order valence-corrected chi connectivity index (χ3v) is 3.68. The summed E-state index contributed by atoms with van der Waals surface area (Å²) in [5.41, 5.74) is -0.101. The summed E-state index contributed by atoms with van der Waals surface area (Å²) < 4.78 is 6.41. The molecule has 0 atom stereocenters. The normalized spacial score (nSPS) is 19.6. The van der Waals surface area contributed by atoms with Crippen LogP contribution in [0.4, 0.5) is 5.82 Å². The van der Waals surface area contributed by atoms with Crippen molar-refractivity contribution in [2.45, 2.75) is 45.6 Å². The highest BCUT2D eigenvalue weighted by Crippen LogP contribution is 2.29. The summed E-state index contributed by atoms with van der Waals surface area (Å²) >= 11 is 3.50. The van der Waals surface area contributed by atoms with Gasteiger partial charge in [0.1, 0.15) is 16.2 Å². The number of anilines is 1. The van der Waals surface area contributed by atoms with E-state index in [1.54, 1.807) is 0 Å². The molecule has 0 amide bonds. The third kappa shape index (κ3) is 3.26. The first-order chi connectivity index (χ1) is 8.70. The summed E-state index contributed by atoms with van der Waals surface area (Å²) in [6.07, 6.45) is 0. The van der Waals surface area contributed by atoms with Crippen molar-refractivity contribution in [1.82, 2.24) is 9.97 Å². The standard InChI is InChI=1S/C14H22BrN3O/c1-13(2,3)12-16-10(15)8-11(17-12)18-6-7-19-9-14(18,4)5/h8H,6-7,9H2,1-5H3.